The number of amides is 1. The smallest absolute Gasteiger partial charge is 0.272 e. The second-order valence-electron chi connectivity index (χ2n) is 4.88. The van der Waals surface area contributed by atoms with E-state index in [1.807, 2.05) is 11.9 Å². The predicted molar refractivity (Wildman–Crippen MR) is 69.1 cm³/mol. The Kier molecular flexibility index (Phi) is 4.31. The second kappa shape index (κ2) is 5.96. The highest BCUT2D eigenvalue weighted by atomic mass is 16.3. The lowest BCUT2D eigenvalue weighted by Gasteiger charge is -2.31. The Labute approximate surface area is 108 Å². The third-order valence-electron chi connectivity index (χ3n) is 3.63. The number of carbonyl (C=O) groups excluding carboxylic acids is 1. The first-order valence-electron chi connectivity index (χ1n) is 6.56. The van der Waals surface area contributed by atoms with Crippen LogP contribution in [-0.4, -0.2) is 34.0 Å². The molecule has 1 N–H and O–H groups in total. The fraction of sp³-hybridized carbons (Fsp3) is 0.571. The van der Waals surface area contributed by atoms with Crippen LogP contribution in [0.5, 0.6) is 0 Å². The van der Waals surface area contributed by atoms with Crippen LogP contribution in [-0.2, 0) is 6.61 Å². The zero-order valence-corrected chi connectivity index (χ0v) is 10.8. The average molecular weight is 248 g/mol. The van der Waals surface area contributed by atoms with E-state index in [9.17, 15) is 4.79 Å². The highest BCUT2D eigenvalue weighted by Gasteiger charge is 2.23. The molecule has 0 unspecified atom stereocenters. The largest absolute Gasteiger partial charge is 0.390 e. The lowest BCUT2D eigenvalue weighted by Crippen LogP contribution is -2.38. The van der Waals surface area contributed by atoms with E-state index >= 15 is 0 Å². The van der Waals surface area contributed by atoms with Gasteiger partial charge in [0.15, 0.2) is 0 Å². The molecule has 2 rings (SSSR count). The summed E-state index contributed by atoms with van der Waals surface area (Å²) < 4.78 is 0. The lowest BCUT2D eigenvalue weighted by molar-refractivity contribution is 0.0689. The van der Waals surface area contributed by atoms with Crippen molar-refractivity contribution >= 4 is 5.91 Å². The Bertz CT molecular complexity index is 414. The quantitative estimate of drug-likeness (QED) is 0.890. The summed E-state index contributed by atoms with van der Waals surface area (Å²) in [4.78, 5) is 18.3. The lowest BCUT2D eigenvalue weighted by atomic mass is 9.94. The maximum absolute atomic E-state index is 12.3. The van der Waals surface area contributed by atoms with Crippen molar-refractivity contribution in [3.05, 3.63) is 29.6 Å². The van der Waals surface area contributed by atoms with Gasteiger partial charge in [0.05, 0.1) is 12.3 Å². The molecule has 0 bridgehead atoms. The van der Waals surface area contributed by atoms with Gasteiger partial charge in [-0.05, 0) is 25.0 Å². The number of aliphatic hydroxyl groups excluding tert-OH is 1. The van der Waals surface area contributed by atoms with E-state index in [1.54, 1.807) is 18.2 Å². The third-order valence-corrected chi connectivity index (χ3v) is 3.63. The maximum Gasteiger partial charge on any atom is 0.272 e. The molecule has 1 heterocycles. The summed E-state index contributed by atoms with van der Waals surface area (Å²) in [5.74, 6) is -0.0443. The SMILES string of the molecule is CN(C(=O)c1cccc(CO)n1)C1CCCCC1. The number of hydrogen-bond acceptors (Lipinski definition) is 3. The molecule has 0 atom stereocenters. The highest BCUT2D eigenvalue weighted by Crippen LogP contribution is 2.22. The molecule has 0 saturated heterocycles. The summed E-state index contributed by atoms with van der Waals surface area (Å²) in [6, 6.07) is 5.53. The van der Waals surface area contributed by atoms with Gasteiger partial charge in [-0.15, -0.1) is 0 Å². The summed E-state index contributed by atoms with van der Waals surface area (Å²) in [6.07, 6.45) is 5.85. The van der Waals surface area contributed by atoms with Crippen molar-refractivity contribution in [2.24, 2.45) is 0 Å². The van der Waals surface area contributed by atoms with Crippen LogP contribution in [0.2, 0.25) is 0 Å². The molecule has 1 saturated carbocycles. The van der Waals surface area contributed by atoms with Gasteiger partial charge < -0.3 is 10.0 Å². The van der Waals surface area contributed by atoms with E-state index in [-0.39, 0.29) is 12.5 Å². The monoisotopic (exact) mass is 248 g/mol. The minimum atomic E-state index is -0.131. The summed E-state index contributed by atoms with van der Waals surface area (Å²) in [6.45, 7) is -0.131. The van der Waals surface area contributed by atoms with Crippen molar-refractivity contribution in [1.82, 2.24) is 9.88 Å². The van der Waals surface area contributed by atoms with Crippen molar-refractivity contribution in [3.63, 3.8) is 0 Å². The standard InChI is InChI=1S/C14H20N2O2/c1-16(12-7-3-2-4-8-12)14(18)13-9-5-6-11(10-17)15-13/h5-6,9,12,17H,2-4,7-8,10H2,1H3. The van der Waals surface area contributed by atoms with Crippen molar-refractivity contribution in [2.45, 2.75) is 44.8 Å². The van der Waals surface area contributed by atoms with E-state index in [2.05, 4.69) is 4.98 Å². The summed E-state index contributed by atoms with van der Waals surface area (Å²) in [7, 11) is 1.85. The predicted octanol–water partition coefficient (Wildman–Crippen LogP) is 1.98. The molecule has 1 fully saturated rings. The first-order valence-corrected chi connectivity index (χ1v) is 6.56. The Morgan fingerprint density at radius 1 is 1.39 bits per heavy atom. The topological polar surface area (TPSA) is 53.4 Å². The van der Waals surface area contributed by atoms with Gasteiger partial charge in [-0.25, -0.2) is 4.98 Å². The minimum Gasteiger partial charge on any atom is -0.390 e. The van der Waals surface area contributed by atoms with Crippen molar-refractivity contribution in [1.29, 1.82) is 0 Å². The zero-order chi connectivity index (χ0) is 13.0. The van der Waals surface area contributed by atoms with Gasteiger partial charge in [0.25, 0.3) is 5.91 Å². The molecule has 4 nitrogen and oxygen atoms in total. The number of pyridine rings is 1. The number of carbonyl (C=O) groups is 1. The third kappa shape index (κ3) is 2.88. The molecular formula is C14H20N2O2. The van der Waals surface area contributed by atoms with Crippen LogP contribution in [0.25, 0.3) is 0 Å². The fourth-order valence-corrected chi connectivity index (χ4v) is 2.50. The second-order valence-corrected chi connectivity index (χ2v) is 4.88. The molecule has 1 aromatic rings. The Hall–Kier alpha value is -1.42. The van der Waals surface area contributed by atoms with Gasteiger partial charge in [-0.1, -0.05) is 25.3 Å². The molecule has 4 heteroatoms. The van der Waals surface area contributed by atoms with Crippen molar-refractivity contribution in [2.75, 3.05) is 7.05 Å². The van der Waals surface area contributed by atoms with E-state index < -0.39 is 0 Å². The van der Waals surface area contributed by atoms with Crippen LogP contribution >= 0.6 is 0 Å². The van der Waals surface area contributed by atoms with Gasteiger partial charge in [-0.2, -0.15) is 0 Å². The van der Waals surface area contributed by atoms with Crippen LogP contribution in [0.3, 0.4) is 0 Å². The van der Waals surface area contributed by atoms with Crippen LogP contribution in [0.1, 0.15) is 48.3 Å². The van der Waals surface area contributed by atoms with Gasteiger partial charge in [0.1, 0.15) is 5.69 Å². The number of nitrogens with zero attached hydrogens (tertiary/aromatic N) is 2. The average Bonchev–Trinajstić information content (AvgIpc) is 2.46. The molecule has 1 aliphatic carbocycles. The minimum absolute atomic E-state index is 0.0443. The van der Waals surface area contributed by atoms with Crippen LogP contribution in [0.4, 0.5) is 0 Å². The van der Waals surface area contributed by atoms with Crippen molar-refractivity contribution in [3.8, 4) is 0 Å². The summed E-state index contributed by atoms with van der Waals surface area (Å²) in [5.41, 5.74) is 0.965. The van der Waals surface area contributed by atoms with E-state index in [0.717, 1.165) is 12.8 Å². The molecule has 1 amide bonds. The maximum atomic E-state index is 12.3. The van der Waals surface area contributed by atoms with Crippen LogP contribution in [0, 0.1) is 0 Å². The first kappa shape index (κ1) is 13.0. The molecule has 0 radical (unpaired) electrons. The fourth-order valence-electron chi connectivity index (χ4n) is 2.50. The molecule has 1 aliphatic rings. The zero-order valence-electron chi connectivity index (χ0n) is 10.8. The number of aromatic nitrogens is 1. The number of hydrogen-bond donors (Lipinski definition) is 1. The molecule has 0 spiro atoms. The number of aliphatic hydroxyl groups is 1. The summed E-state index contributed by atoms with van der Waals surface area (Å²) >= 11 is 0. The molecule has 0 aromatic carbocycles. The van der Waals surface area contributed by atoms with Crippen molar-refractivity contribution < 1.29 is 9.90 Å². The van der Waals surface area contributed by atoms with Gasteiger partial charge in [0.2, 0.25) is 0 Å². The first-order chi connectivity index (χ1) is 8.72. The van der Waals surface area contributed by atoms with E-state index in [0.29, 0.717) is 17.4 Å². The van der Waals surface area contributed by atoms with E-state index in [4.69, 9.17) is 5.11 Å². The van der Waals surface area contributed by atoms with Gasteiger partial charge in [0, 0.05) is 13.1 Å². The molecule has 0 aliphatic heterocycles. The number of rotatable bonds is 3. The Morgan fingerprint density at radius 2 is 2.11 bits per heavy atom. The molecule has 1 aromatic heterocycles. The summed E-state index contributed by atoms with van der Waals surface area (Å²) in [5, 5.41) is 9.04. The Balaban J connectivity index is 2.09. The van der Waals surface area contributed by atoms with Crippen LogP contribution < -0.4 is 0 Å². The van der Waals surface area contributed by atoms with E-state index in [1.165, 1.54) is 19.3 Å². The molecule has 18 heavy (non-hydrogen) atoms. The molecular weight excluding hydrogens is 228 g/mol. The highest BCUT2D eigenvalue weighted by molar-refractivity contribution is 5.92. The van der Waals surface area contributed by atoms with Gasteiger partial charge in [-0.3, -0.25) is 4.79 Å². The van der Waals surface area contributed by atoms with Gasteiger partial charge >= 0.3 is 0 Å². The molecule has 98 valence electrons. The normalized spacial score (nSPS) is 16.6. The Morgan fingerprint density at radius 3 is 2.78 bits per heavy atom. The van der Waals surface area contributed by atoms with Crippen LogP contribution in [0.15, 0.2) is 18.2 Å².